The zero-order chi connectivity index (χ0) is 15.1. The summed E-state index contributed by atoms with van der Waals surface area (Å²) >= 11 is 0. The Bertz CT molecular complexity index is 463. The van der Waals surface area contributed by atoms with E-state index in [9.17, 15) is 0 Å². The third kappa shape index (κ3) is 5.19. The molecular formula is C21H30. The van der Waals surface area contributed by atoms with Crippen LogP contribution < -0.4 is 0 Å². The van der Waals surface area contributed by atoms with E-state index in [1.54, 1.807) is 5.56 Å². The second-order valence-electron chi connectivity index (χ2n) is 6.73. The minimum absolute atomic E-state index is 0.786. The van der Waals surface area contributed by atoms with E-state index in [1.807, 2.05) is 0 Å². The van der Waals surface area contributed by atoms with Crippen molar-refractivity contribution in [2.45, 2.75) is 65.2 Å². The fourth-order valence-electron chi connectivity index (χ4n) is 3.30. The van der Waals surface area contributed by atoms with E-state index in [4.69, 9.17) is 0 Å². The highest BCUT2D eigenvalue weighted by Gasteiger charge is 2.20. The molecule has 0 heteroatoms. The van der Waals surface area contributed by atoms with Crippen LogP contribution in [0.25, 0.3) is 0 Å². The van der Waals surface area contributed by atoms with Crippen LogP contribution in [0.3, 0.4) is 0 Å². The molecule has 0 heterocycles. The lowest BCUT2D eigenvalue weighted by molar-refractivity contribution is 0.376. The van der Waals surface area contributed by atoms with Crippen molar-refractivity contribution in [2.24, 2.45) is 5.92 Å². The van der Waals surface area contributed by atoms with Crippen molar-refractivity contribution in [3.63, 3.8) is 0 Å². The Labute approximate surface area is 131 Å². The van der Waals surface area contributed by atoms with Crippen LogP contribution in [0.1, 0.15) is 69.9 Å². The third-order valence-corrected chi connectivity index (χ3v) is 4.57. The molecule has 2 rings (SSSR count). The molecule has 0 amide bonds. The summed E-state index contributed by atoms with van der Waals surface area (Å²) in [5.41, 5.74) is 4.42. The predicted molar refractivity (Wildman–Crippen MR) is 93.7 cm³/mol. The molecule has 1 aliphatic carbocycles. The van der Waals surface area contributed by atoms with Gasteiger partial charge in [0.2, 0.25) is 0 Å². The molecule has 1 saturated carbocycles. The van der Waals surface area contributed by atoms with Gasteiger partial charge in [-0.15, -0.1) is 0 Å². The van der Waals surface area contributed by atoms with Gasteiger partial charge in [0.05, 0.1) is 0 Å². The minimum atomic E-state index is 0.786. The Morgan fingerprint density at radius 1 is 1.05 bits per heavy atom. The van der Waals surface area contributed by atoms with Crippen LogP contribution in [-0.2, 0) is 6.42 Å². The lowest BCUT2D eigenvalue weighted by atomic mass is 9.78. The Kier molecular flexibility index (Phi) is 6.29. The van der Waals surface area contributed by atoms with Crippen molar-refractivity contribution < 1.29 is 0 Å². The van der Waals surface area contributed by atoms with Crippen LogP contribution in [0.15, 0.2) is 48.1 Å². The van der Waals surface area contributed by atoms with Crippen molar-refractivity contribution in [1.82, 2.24) is 0 Å². The molecule has 0 aromatic heterocycles. The van der Waals surface area contributed by atoms with Gasteiger partial charge >= 0.3 is 0 Å². The zero-order valence-corrected chi connectivity index (χ0v) is 13.9. The standard InChI is InChI=1S/C21H30/c1-4-6-18-9-13-20(14-10-18)21-15-11-19(12-16-21)8-5-7-17(2)3/h5,7-10,13-14,19,21H,4,6,11-12,15-16H2,1-3H3. The molecule has 0 saturated heterocycles. The van der Waals surface area contributed by atoms with Crippen LogP contribution in [0, 0.1) is 5.92 Å². The van der Waals surface area contributed by atoms with E-state index < -0.39 is 0 Å². The molecule has 0 radical (unpaired) electrons. The summed E-state index contributed by atoms with van der Waals surface area (Å²) in [6, 6.07) is 9.41. The number of benzene rings is 1. The van der Waals surface area contributed by atoms with E-state index >= 15 is 0 Å². The SMILES string of the molecule is CCCc1ccc(C2CCC(C=CC=C(C)C)CC2)cc1. The Morgan fingerprint density at radius 3 is 2.29 bits per heavy atom. The molecule has 1 fully saturated rings. The maximum Gasteiger partial charge on any atom is -0.0162 e. The van der Waals surface area contributed by atoms with Crippen LogP contribution in [0.2, 0.25) is 0 Å². The van der Waals surface area contributed by atoms with Crippen molar-refractivity contribution >= 4 is 0 Å². The summed E-state index contributed by atoms with van der Waals surface area (Å²) in [6.07, 6.45) is 14.7. The number of hydrogen-bond donors (Lipinski definition) is 0. The second kappa shape index (κ2) is 8.22. The first-order chi connectivity index (χ1) is 10.2. The van der Waals surface area contributed by atoms with Gasteiger partial charge in [-0.3, -0.25) is 0 Å². The Hall–Kier alpha value is -1.30. The summed E-state index contributed by atoms with van der Waals surface area (Å²) < 4.78 is 0. The number of allylic oxidation sites excluding steroid dienone is 4. The van der Waals surface area contributed by atoms with Gasteiger partial charge in [-0.2, -0.15) is 0 Å². The predicted octanol–water partition coefficient (Wildman–Crippen LogP) is 6.44. The molecule has 114 valence electrons. The molecular weight excluding hydrogens is 252 g/mol. The average molecular weight is 282 g/mol. The van der Waals surface area contributed by atoms with Crippen LogP contribution in [0.4, 0.5) is 0 Å². The first-order valence-corrected chi connectivity index (χ1v) is 8.59. The number of rotatable bonds is 5. The molecule has 0 atom stereocenters. The zero-order valence-electron chi connectivity index (χ0n) is 13.9. The summed E-state index contributed by atoms with van der Waals surface area (Å²) in [6.45, 7) is 6.56. The van der Waals surface area contributed by atoms with Gasteiger partial charge in [-0.25, -0.2) is 0 Å². The van der Waals surface area contributed by atoms with Gasteiger partial charge in [-0.05, 0) is 68.9 Å². The van der Waals surface area contributed by atoms with E-state index in [2.05, 4.69) is 63.3 Å². The lowest BCUT2D eigenvalue weighted by Crippen LogP contribution is -2.11. The first-order valence-electron chi connectivity index (χ1n) is 8.59. The topological polar surface area (TPSA) is 0 Å². The van der Waals surface area contributed by atoms with Crippen LogP contribution in [0.5, 0.6) is 0 Å². The van der Waals surface area contributed by atoms with Crippen molar-refractivity contribution in [1.29, 1.82) is 0 Å². The highest BCUT2D eigenvalue weighted by Crippen LogP contribution is 2.36. The summed E-state index contributed by atoms with van der Waals surface area (Å²) in [4.78, 5) is 0. The van der Waals surface area contributed by atoms with Gasteiger partial charge in [0.1, 0.15) is 0 Å². The maximum absolute atomic E-state index is 2.41. The fraction of sp³-hybridized carbons (Fsp3) is 0.524. The number of aryl methyl sites for hydroxylation is 1. The third-order valence-electron chi connectivity index (χ3n) is 4.57. The summed E-state index contributed by atoms with van der Waals surface area (Å²) in [7, 11) is 0. The van der Waals surface area contributed by atoms with Crippen LogP contribution >= 0.6 is 0 Å². The minimum Gasteiger partial charge on any atom is -0.0814 e. The van der Waals surface area contributed by atoms with E-state index in [1.165, 1.54) is 49.7 Å². The molecule has 0 N–H and O–H groups in total. The summed E-state index contributed by atoms with van der Waals surface area (Å²) in [5, 5.41) is 0. The van der Waals surface area contributed by atoms with Crippen molar-refractivity contribution in [3.8, 4) is 0 Å². The van der Waals surface area contributed by atoms with Gasteiger partial charge in [0.25, 0.3) is 0 Å². The van der Waals surface area contributed by atoms with E-state index in [0.717, 1.165) is 11.8 Å². The largest absolute Gasteiger partial charge is 0.0814 e. The molecule has 0 spiro atoms. The first kappa shape index (κ1) is 16.1. The molecule has 0 unspecified atom stereocenters. The van der Waals surface area contributed by atoms with Gasteiger partial charge in [0.15, 0.2) is 0 Å². The fourth-order valence-corrected chi connectivity index (χ4v) is 3.30. The van der Waals surface area contributed by atoms with E-state index in [-0.39, 0.29) is 0 Å². The normalized spacial score (nSPS) is 22.4. The maximum atomic E-state index is 2.41. The van der Waals surface area contributed by atoms with Gasteiger partial charge in [-0.1, -0.05) is 61.4 Å². The molecule has 0 nitrogen and oxygen atoms in total. The smallest absolute Gasteiger partial charge is 0.0162 e. The van der Waals surface area contributed by atoms with Gasteiger partial charge in [0, 0.05) is 0 Å². The van der Waals surface area contributed by atoms with Crippen molar-refractivity contribution in [2.75, 3.05) is 0 Å². The average Bonchev–Trinajstić information content (AvgIpc) is 2.49. The Morgan fingerprint density at radius 2 is 1.71 bits per heavy atom. The van der Waals surface area contributed by atoms with Crippen molar-refractivity contribution in [3.05, 3.63) is 59.2 Å². The highest BCUT2D eigenvalue weighted by atomic mass is 14.3. The second-order valence-corrected chi connectivity index (χ2v) is 6.73. The molecule has 1 aromatic rings. The van der Waals surface area contributed by atoms with Crippen LogP contribution in [-0.4, -0.2) is 0 Å². The molecule has 0 aliphatic heterocycles. The quantitative estimate of drug-likeness (QED) is 0.545. The highest BCUT2D eigenvalue weighted by molar-refractivity contribution is 5.26. The number of hydrogen-bond acceptors (Lipinski definition) is 0. The molecule has 1 aromatic carbocycles. The molecule has 1 aliphatic rings. The molecule has 21 heavy (non-hydrogen) atoms. The molecule has 0 bridgehead atoms. The Balaban J connectivity index is 1.86. The summed E-state index contributed by atoms with van der Waals surface area (Å²) in [5.74, 6) is 1.57. The lowest BCUT2D eigenvalue weighted by Gasteiger charge is -2.27. The monoisotopic (exact) mass is 282 g/mol. The van der Waals surface area contributed by atoms with E-state index in [0.29, 0.717) is 0 Å². The van der Waals surface area contributed by atoms with Gasteiger partial charge < -0.3 is 0 Å².